The van der Waals surface area contributed by atoms with Crippen molar-refractivity contribution in [1.29, 1.82) is 0 Å². The molecule has 0 aromatic heterocycles. The zero-order valence-electron chi connectivity index (χ0n) is 8.93. The van der Waals surface area contributed by atoms with Crippen LogP contribution in [-0.2, 0) is 11.3 Å². The predicted octanol–water partition coefficient (Wildman–Crippen LogP) is 1.97. The fourth-order valence-corrected chi connectivity index (χ4v) is 1.84. The molecule has 86 valence electrons. The van der Waals surface area contributed by atoms with E-state index in [0.29, 0.717) is 11.1 Å². The fourth-order valence-electron chi connectivity index (χ4n) is 1.27. The number of benzene rings is 1. The highest BCUT2D eigenvalue weighted by Gasteiger charge is 2.13. The summed E-state index contributed by atoms with van der Waals surface area (Å²) >= 11 is 1.40. The van der Waals surface area contributed by atoms with Crippen LogP contribution in [-0.4, -0.2) is 24.3 Å². The van der Waals surface area contributed by atoms with Crippen molar-refractivity contribution < 1.29 is 14.5 Å². The largest absolute Gasteiger partial charge is 0.465 e. The van der Waals surface area contributed by atoms with E-state index < -0.39 is 10.9 Å². The molecule has 0 amide bonds. The van der Waals surface area contributed by atoms with E-state index in [0.717, 1.165) is 4.90 Å². The highest BCUT2D eigenvalue weighted by molar-refractivity contribution is 7.98. The summed E-state index contributed by atoms with van der Waals surface area (Å²) in [5.41, 5.74) is 0.859. The van der Waals surface area contributed by atoms with Crippen molar-refractivity contribution in [3.63, 3.8) is 0 Å². The molecule has 6 heteroatoms. The van der Waals surface area contributed by atoms with Crippen LogP contribution < -0.4 is 0 Å². The Balaban J connectivity index is 3.10. The van der Waals surface area contributed by atoms with Crippen LogP contribution in [0.25, 0.3) is 0 Å². The minimum absolute atomic E-state index is 0.293. The number of esters is 1. The van der Waals surface area contributed by atoms with Gasteiger partial charge >= 0.3 is 5.97 Å². The Hall–Kier alpha value is -1.56. The van der Waals surface area contributed by atoms with E-state index in [9.17, 15) is 14.9 Å². The van der Waals surface area contributed by atoms with Crippen molar-refractivity contribution in [3.8, 4) is 0 Å². The first-order chi connectivity index (χ1) is 7.58. The minimum Gasteiger partial charge on any atom is -0.465 e. The Morgan fingerprint density at radius 3 is 2.75 bits per heavy atom. The molecule has 0 unspecified atom stereocenters. The Kier molecular flexibility index (Phi) is 4.30. The normalized spacial score (nSPS) is 9.88. The van der Waals surface area contributed by atoms with E-state index in [4.69, 9.17) is 0 Å². The molecule has 1 rings (SSSR count). The molecule has 0 bridgehead atoms. The Morgan fingerprint density at radius 1 is 1.56 bits per heavy atom. The lowest BCUT2D eigenvalue weighted by molar-refractivity contribution is -0.496. The SMILES string of the molecule is COC(=O)c1cc(C[N+](=O)[O-])ccc1SC. The van der Waals surface area contributed by atoms with Crippen molar-refractivity contribution in [2.75, 3.05) is 13.4 Å². The number of rotatable bonds is 4. The van der Waals surface area contributed by atoms with Crippen LogP contribution in [0, 0.1) is 10.1 Å². The number of methoxy groups -OCH3 is 1. The number of hydrogen-bond donors (Lipinski definition) is 0. The highest BCUT2D eigenvalue weighted by atomic mass is 32.2. The molecule has 0 spiro atoms. The first-order valence-corrected chi connectivity index (χ1v) is 5.68. The number of hydrogen-bond acceptors (Lipinski definition) is 5. The van der Waals surface area contributed by atoms with Gasteiger partial charge in [-0.25, -0.2) is 4.79 Å². The van der Waals surface area contributed by atoms with Crippen molar-refractivity contribution in [3.05, 3.63) is 39.4 Å². The van der Waals surface area contributed by atoms with E-state index in [1.807, 2.05) is 6.26 Å². The lowest BCUT2D eigenvalue weighted by atomic mass is 10.1. The van der Waals surface area contributed by atoms with E-state index >= 15 is 0 Å². The van der Waals surface area contributed by atoms with E-state index in [2.05, 4.69) is 4.74 Å². The molecular weight excluding hydrogens is 230 g/mol. The van der Waals surface area contributed by atoms with Gasteiger partial charge in [0, 0.05) is 15.4 Å². The molecule has 0 fully saturated rings. The zero-order valence-corrected chi connectivity index (χ0v) is 9.74. The average Bonchev–Trinajstić information content (AvgIpc) is 2.27. The summed E-state index contributed by atoms with van der Waals surface area (Å²) in [7, 11) is 1.28. The summed E-state index contributed by atoms with van der Waals surface area (Å²) in [6.45, 7) is -0.293. The van der Waals surface area contributed by atoms with E-state index in [1.54, 1.807) is 12.1 Å². The Morgan fingerprint density at radius 2 is 2.25 bits per heavy atom. The Labute approximate surface area is 96.9 Å². The molecule has 1 aromatic carbocycles. The van der Waals surface area contributed by atoms with Crippen LogP contribution in [0.2, 0.25) is 0 Å². The smallest absolute Gasteiger partial charge is 0.339 e. The molecule has 5 nitrogen and oxygen atoms in total. The monoisotopic (exact) mass is 241 g/mol. The van der Waals surface area contributed by atoms with Gasteiger partial charge in [0.05, 0.1) is 12.7 Å². The van der Waals surface area contributed by atoms with Crippen LogP contribution in [0.15, 0.2) is 23.1 Å². The van der Waals surface area contributed by atoms with Gasteiger partial charge in [0.2, 0.25) is 6.54 Å². The van der Waals surface area contributed by atoms with Crippen LogP contribution in [0.5, 0.6) is 0 Å². The summed E-state index contributed by atoms with van der Waals surface area (Å²) in [5, 5.41) is 10.4. The van der Waals surface area contributed by atoms with Gasteiger partial charge in [-0.2, -0.15) is 0 Å². The number of nitro groups is 1. The van der Waals surface area contributed by atoms with Gasteiger partial charge in [-0.3, -0.25) is 10.1 Å². The molecule has 0 N–H and O–H groups in total. The lowest BCUT2D eigenvalue weighted by Crippen LogP contribution is -2.06. The van der Waals surface area contributed by atoms with Gasteiger partial charge in [-0.1, -0.05) is 6.07 Å². The van der Waals surface area contributed by atoms with Gasteiger partial charge in [-0.05, 0) is 18.4 Å². The van der Waals surface area contributed by atoms with E-state index in [-0.39, 0.29) is 6.54 Å². The fraction of sp³-hybridized carbons (Fsp3) is 0.300. The number of carbonyl (C=O) groups is 1. The predicted molar refractivity (Wildman–Crippen MR) is 60.3 cm³/mol. The van der Waals surface area contributed by atoms with Gasteiger partial charge in [0.15, 0.2) is 0 Å². The molecule has 0 saturated carbocycles. The summed E-state index contributed by atoms with van der Waals surface area (Å²) in [6.07, 6.45) is 1.83. The summed E-state index contributed by atoms with van der Waals surface area (Å²) in [5.74, 6) is -0.477. The number of ether oxygens (including phenoxy) is 1. The maximum atomic E-state index is 11.4. The third kappa shape index (κ3) is 2.96. The second-order valence-corrected chi connectivity index (χ2v) is 3.87. The topological polar surface area (TPSA) is 69.4 Å². The molecule has 0 aliphatic heterocycles. The van der Waals surface area contributed by atoms with Crippen molar-refractivity contribution >= 4 is 17.7 Å². The summed E-state index contributed by atoms with van der Waals surface area (Å²) in [4.78, 5) is 22.1. The molecule has 0 aliphatic carbocycles. The summed E-state index contributed by atoms with van der Waals surface area (Å²) < 4.78 is 4.62. The van der Waals surface area contributed by atoms with Gasteiger partial charge in [0.1, 0.15) is 0 Å². The van der Waals surface area contributed by atoms with Gasteiger partial charge in [-0.15, -0.1) is 11.8 Å². The van der Waals surface area contributed by atoms with Crippen LogP contribution in [0.3, 0.4) is 0 Å². The third-order valence-electron chi connectivity index (χ3n) is 1.98. The summed E-state index contributed by atoms with van der Waals surface area (Å²) in [6, 6.07) is 4.83. The average molecular weight is 241 g/mol. The second kappa shape index (κ2) is 5.50. The molecule has 0 aliphatic rings. The van der Waals surface area contributed by atoms with Gasteiger partial charge < -0.3 is 4.74 Å². The maximum absolute atomic E-state index is 11.4. The maximum Gasteiger partial charge on any atom is 0.339 e. The highest BCUT2D eigenvalue weighted by Crippen LogP contribution is 2.22. The second-order valence-electron chi connectivity index (χ2n) is 3.02. The Bertz CT molecular complexity index is 419. The first-order valence-electron chi connectivity index (χ1n) is 4.45. The van der Waals surface area contributed by atoms with Crippen LogP contribution in [0.1, 0.15) is 15.9 Å². The minimum atomic E-state index is -0.477. The standard InChI is InChI=1S/C10H11NO4S/c1-15-10(12)8-5-7(6-11(13)14)3-4-9(8)16-2/h3-5H,6H2,1-2H3. The number of thioether (sulfide) groups is 1. The molecule has 0 heterocycles. The molecule has 0 saturated heterocycles. The van der Waals surface area contributed by atoms with E-state index in [1.165, 1.54) is 24.9 Å². The van der Waals surface area contributed by atoms with Crippen LogP contribution in [0.4, 0.5) is 0 Å². The molecular formula is C10H11NO4S. The van der Waals surface area contributed by atoms with Crippen LogP contribution >= 0.6 is 11.8 Å². The van der Waals surface area contributed by atoms with Crippen molar-refractivity contribution in [2.45, 2.75) is 11.4 Å². The number of nitrogens with zero attached hydrogens (tertiary/aromatic N) is 1. The third-order valence-corrected chi connectivity index (χ3v) is 2.78. The molecule has 0 atom stereocenters. The first kappa shape index (κ1) is 12.5. The molecule has 0 radical (unpaired) electrons. The zero-order chi connectivity index (χ0) is 12.1. The van der Waals surface area contributed by atoms with Gasteiger partial charge in [0.25, 0.3) is 0 Å². The molecule has 16 heavy (non-hydrogen) atoms. The molecule has 1 aromatic rings. The lowest BCUT2D eigenvalue weighted by Gasteiger charge is -2.06. The van der Waals surface area contributed by atoms with Crippen molar-refractivity contribution in [1.82, 2.24) is 0 Å². The quantitative estimate of drug-likeness (QED) is 0.349. The van der Waals surface area contributed by atoms with Crippen molar-refractivity contribution in [2.24, 2.45) is 0 Å². The number of carbonyl (C=O) groups excluding carboxylic acids is 1.